The molecule has 0 bridgehead atoms. The van der Waals surface area contributed by atoms with Crippen LogP contribution in [0.5, 0.6) is 0 Å². The second kappa shape index (κ2) is 11.9. The van der Waals surface area contributed by atoms with Crippen LogP contribution >= 0.6 is 35.1 Å². The van der Waals surface area contributed by atoms with Crippen molar-refractivity contribution >= 4 is 58.9 Å². The summed E-state index contributed by atoms with van der Waals surface area (Å²) in [6.45, 7) is 3.88. The molecule has 180 valence electrons. The Morgan fingerprint density at radius 1 is 0.853 bits per heavy atom. The largest absolute Gasteiger partial charge is 0.403 e. The second-order valence-electron chi connectivity index (χ2n) is 7.58. The Labute approximate surface area is 211 Å². The van der Waals surface area contributed by atoms with Gasteiger partial charge in [-0.05, 0) is 50.6 Å². The van der Waals surface area contributed by atoms with E-state index in [2.05, 4.69) is 9.98 Å². The molecule has 2 heterocycles. The molecule has 0 fully saturated rings. The lowest BCUT2D eigenvalue weighted by Gasteiger charge is -2.05. The molecule has 2 aliphatic heterocycles. The first-order valence-corrected chi connectivity index (χ1v) is 13.6. The van der Waals surface area contributed by atoms with Crippen molar-refractivity contribution in [1.29, 1.82) is 0 Å². The highest BCUT2D eigenvalue weighted by Gasteiger charge is 2.31. The minimum Gasteiger partial charge on any atom is -0.403 e. The third-order valence-electron chi connectivity index (χ3n) is 4.76. The normalized spacial score (nSPS) is 18.1. The van der Waals surface area contributed by atoms with Crippen molar-refractivity contribution in [3.05, 3.63) is 69.5 Å². The molecule has 0 radical (unpaired) electrons. The van der Waals surface area contributed by atoms with Gasteiger partial charge in [0.15, 0.2) is 0 Å². The lowest BCUT2D eigenvalue weighted by Crippen LogP contribution is -2.10. The van der Waals surface area contributed by atoms with Gasteiger partial charge in [0.2, 0.25) is 11.8 Å². The van der Waals surface area contributed by atoms with E-state index in [4.69, 9.17) is 21.1 Å². The highest BCUT2D eigenvalue weighted by atomic mass is 35.5. The topological polar surface area (TPSA) is 77.3 Å². The van der Waals surface area contributed by atoms with Crippen molar-refractivity contribution in [2.24, 2.45) is 9.98 Å². The van der Waals surface area contributed by atoms with E-state index in [0.29, 0.717) is 22.0 Å². The zero-order chi connectivity index (χ0) is 24.8. The van der Waals surface area contributed by atoms with Crippen molar-refractivity contribution in [1.82, 2.24) is 0 Å². The molecular weight excluding hydrogens is 499 g/mol. The zero-order valence-corrected chi connectivity index (χ0v) is 21.5. The third kappa shape index (κ3) is 6.00. The van der Waals surface area contributed by atoms with Gasteiger partial charge in [0.1, 0.15) is 5.82 Å². The Hall–Kier alpha value is -2.36. The van der Waals surface area contributed by atoms with E-state index in [1.165, 1.54) is 12.1 Å². The Kier molecular flexibility index (Phi) is 9.16. The highest BCUT2D eigenvalue weighted by Crippen LogP contribution is 2.28. The number of benzene rings is 2. The van der Waals surface area contributed by atoms with E-state index in [0.717, 1.165) is 11.5 Å². The molecule has 34 heavy (non-hydrogen) atoms. The second-order valence-corrected chi connectivity index (χ2v) is 9.81. The number of ether oxygens (including phenoxy) is 2. The Balaban J connectivity index is 0.000000191. The van der Waals surface area contributed by atoms with Gasteiger partial charge in [0, 0.05) is 11.5 Å². The number of fused-ring (bicyclic) bond motifs is 2. The molecule has 0 aromatic heterocycles. The molecule has 0 spiro atoms. The molecule has 0 amide bonds. The summed E-state index contributed by atoms with van der Waals surface area (Å²) in [6, 6.07) is 9.58. The fourth-order valence-electron chi connectivity index (χ4n) is 3.35. The summed E-state index contributed by atoms with van der Waals surface area (Å²) in [5.74, 6) is 0.739. The number of rotatable bonds is 6. The average molecular weight is 523 g/mol. The number of thioether (sulfide) groups is 2. The molecule has 2 aliphatic rings. The van der Waals surface area contributed by atoms with Crippen LogP contribution in [0.1, 0.15) is 45.7 Å². The van der Waals surface area contributed by atoms with Gasteiger partial charge in [-0.25, -0.2) is 24.0 Å². The van der Waals surface area contributed by atoms with Crippen molar-refractivity contribution in [2.75, 3.05) is 24.0 Å². The molecule has 0 saturated heterocycles. The van der Waals surface area contributed by atoms with Gasteiger partial charge in [-0.1, -0.05) is 23.7 Å². The van der Waals surface area contributed by atoms with Gasteiger partial charge in [0.25, 0.3) is 0 Å². The Morgan fingerprint density at radius 3 is 1.85 bits per heavy atom. The van der Waals surface area contributed by atoms with Crippen LogP contribution < -0.4 is 0 Å². The smallest absolute Gasteiger partial charge is 0.345 e. The Bertz CT molecular complexity index is 1070. The molecule has 2 aromatic carbocycles. The first kappa shape index (κ1) is 26.2. The van der Waals surface area contributed by atoms with Crippen LogP contribution in [0.25, 0.3) is 0 Å². The van der Waals surface area contributed by atoms with Gasteiger partial charge in [-0.2, -0.15) is 23.5 Å². The molecule has 4 rings (SSSR count). The lowest BCUT2D eigenvalue weighted by atomic mass is 10.1. The van der Waals surface area contributed by atoms with Gasteiger partial charge in [-0.15, -0.1) is 0 Å². The maximum atomic E-state index is 13.6. The van der Waals surface area contributed by atoms with E-state index >= 15 is 0 Å². The Morgan fingerprint density at radius 2 is 1.32 bits per heavy atom. The number of esters is 2. The summed E-state index contributed by atoms with van der Waals surface area (Å²) in [7, 11) is 0. The predicted molar refractivity (Wildman–Crippen MR) is 137 cm³/mol. The summed E-state index contributed by atoms with van der Waals surface area (Å²) < 4.78 is 23.8. The van der Waals surface area contributed by atoms with Crippen LogP contribution in [0.15, 0.2) is 46.4 Å². The molecule has 2 atom stereocenters. The van der Waals surface area contributed by atoms with E-state index in [-0.39, 0.29) is 35.1 Å². The average Bonchev–Trinajstić information content (AvgIpc) is 3.27. The number of hydrogen-bond donors (Lipinski definition) is 0. The highest BCUT2D eigenvalue weighted by molar-refractivity contribution is 7.98. The van der Waals surface area contributed by atoms with E-state index < -0.39 is 11.8 Å². The van der Waals surface area contributed by atoms with Gasteiger partial charge < -0.3 is 9.47 Å². The first-order valence-electron chi connectivity index (χ1n) is 10.4. The van der Waals surface area contributed by atoms with Crippen LogP contribution in [-0.4, -0.2) is 59.8 Å². The van der Waals surface area contributed by atoms with Crippen LogP contribution in [0.3, 0.4) is 0 Å². The molecule has 2 unspecified atom stereocenters. The maximum absolute atomic E-state index is 13.6. The lowest BCUT2D eigenvalue weighted by molar-refractivity contribution is 0.0726. The molecule has 0 saturated carbocycles. The number of carbonyl (C=O) groups is 2. The molecule has 0 aliphatic carbocycles. The fourth-order valence-corrected chi connectivity index (χ4v) is 4.72. The summed E-state index contributed by atoms with van der Waals surface area (Å²) in [5, 5.41) is 0.503. The summed E-state index contributed by atoms with van der Waals surface area (Å²) in [5.41, 5.74) is 1.55. The standard InChI is InChI=1S/C12H12ClNO2S.C12H12FNO2S/c2*1-7(6-17-2)14-11-10-8(12(15)16-11)4-3-5-9(10)13/h2*3-5,7H,6H2,1-2H3. The van der Waals surface area contributed by atoms with E-state index in [1.807, 2.05) is 26.4 Å². The zero-order valence-electron chi connectivity index (χ0n) is 19.1. The number of hydrogen-bond acceptors (Lipinski definition) is 8. The number of aliphatic imine (C=N–C) groups is 2. The van der Waals surface area contributed by atoms with E-state index in [9.17, 15) is 14.0 Å². The number of carbonyl (C=O) groups excluding carboxylic acids is 2. The van der Waals surface area contributed by atoms with Gasteiger partial charge in [-0.3, -0.25) is 0 Å². The monoisotopic (exact) mass is 522 g/mol. The minimum atomic E-state index is -0.533. The van der Waals surface area contributed by atoms with Crippen LogP contribution in [0, 0.1) is 5.82 Å². The van der Waals surface area contributed by atoms with Crippen molar-refractivity contribution in [2.45, 2.75) is 25.9 Å². The molecule has 6 nitrogen and oxygen atoms in total. The minimum absolute atomic E-state index is 0.0154. The summed E-state index contributed by atoms with van der Waals surface area (Å²) >= 11 is 9.41. The molecule has 2 aromatic rings. The van der Waals surface area contributed by atoms with Crippen molar-refractivity contribution < 1.29 is 23.5 Å². The predicted octanol–water partition coefficient (Wildman–Crippen LogP) is 5.50. The van der Waals surface area contributed by atoms with Gasteiger partial charge >= 0.3 is 11.9 Å². The van der Waals surface area contributed by atoms with Crippen molar-refractivity contribution in [3.8, 4) is 0 Å². The molecule has 0 N–H and O–H groups in total. The van der Waals surface area contributed by atoms with Gasteiger partial charge in [0.05, 0.1) is 39.4 Å². The van der Waals surface area contributed by atoms with Crippen LogP contribution in [0.2, 0.25) is 5.02 Å². The number of nitrogens with zero attached hydrogens (tertiary/aromatic N) is 2. The number of cyclic esters (lactones) is 2. The fraction of sp³-hybridized carbons (Fsp3) is 0.333. The maximum Gasteiger partial charge on any atom is 0.345 e. The summed E-state index contributed by atoms with van der Waals surface area (Å²) in [4.78, 5) is 31.7. The third-order valence-corrected chi connectivity index (χ3v) is 6.71. The van der Waals surface area contributed by atoms with Crippen molar-refractivity contribution in [3.63, 3.8) is 0 Å². The molecular formula is C24H24ClFN2O4S2. The van der Waals surface area contributed by atoms with Crippen LogP contribution in [0.4, 0.5) is 4.39 Å². The summed E-state index contributed by atoms with van der Waals surface area (Å²) in [6.07, 6.45) is 3.98. The number of halogens is 2. The van der Waals surface area contributed by atoms with Crippen LogP contribution in [-0.2, 0) is 9.47 Å². The first-order chi connectivity index (χ1) is 16.3. The molecule has 10 heteroatoms. The quantitative estimate of drug-likeness (QED) is 0.466. The SMILES string of the molecule is CSCC(C)N=C1OC(=O)c2cccc(Cl)c21.CSCC(C)N=C1OC(=O)c2cccc(F)c21. The van der Waals surface area contributed by atoms with E-state index in [1.54, 1.807) is 47.8 Å².